The summed E-state index contributed by atoms with van der Waals surface area (Å²) in [5.74, 6) is -1.14. The van der Waals surface area contributed by atoms with Crippen LogP contribution in [0.3, 0.4) is 0 Å². The molecule has 0 spiro atoms. The van der Waals surface area contributed by atoms with E-state index in [9.17, 15) is 13.2 Å². The van der Waals surface area contributed by atoms with E-state index < -0.39 is 16.0 Å². The number of nitrogens with two attached hydrogens (primary N) is 1. The highest BCUT2D eigenvalue weighted by Gasteiger charge is 2.18. The van der Waals surface area contributed by atoms with Crippen LogP contribution in [0.4, 0.5) is 11.4 Å². The Labute approximate surface area is 114 Å². The Balaban J connectivity index is 2.32. The van der Waals surface area contributed by atoms with Gasteiger partial charge in [0.05, 0.1) is 23.3 Å². The van der Waals surface area contributed by atoms with Crippen LogP contribution < -0.4 is 10.5 Å². The molecule has 0 bridgehead atoms. The summed E-state index contributed by atoms with van der Waals surface area (Å²) in [5, 5.41) is 8.66. The number of nitrogens with one attached hydrogen (secondary N) is 1. The third-order valence-electron chi connectivity index (χ3n) is 2.50. The maximum absolute atomic E-state index is 12.0. The molecule has 2 aromatic rings. The maximum Gasteiger partial charge on any atom is 0.335 e. The van der Waals surface area contributed by atoms with Crippen molar-refractivity contribution >= 4 is 27.4 Å². The van der Waals surface area contributed by atoms with Crippen LogP contribution >= 0.6 is 0 Å². The lowest BCUT2D eigenvalue weighted by Gasteiger charge is -2.09. The smallest absolute Gasteiger partial charge is 0.335 e. The number of aromatic nitrogens is 2. The zero-order valence-electron chi connectivity index (χ0n) is 10.4. The number of nitrogen functional groups attached to an aromatic ring is 1. The van der Waals surface area contributed by atoms with Gasteiger partial charge in [0, 0.05) is 13.2 Å². The van der Waals surface area contributed by atoms with Crippen molar-refractivity contribution in [2.45, 2.75) is 5.03 Å². The zero-order chi connectivity index (χ0) is 14.9. The predicted molar refractivity (Wildman–Crippen MR) is 71.8 cm³/mol. The second-order valence-corrected chi connectivity index (χ2v) is 5.72. The van der Waals surface area contributed by atoms with Crippen LogP contribution in [0.2, 0.25) is 0 Å². The number of nitrogens with zero attached hydrogens (tertiary/aromatic N) is 2. The van der Waals surface area contributed by atoms with E-state index >= 15 is 0 Å². The molecule has 0 amide bonds. The molecular weight excluding hydrogens is 284 g/mol. The van der Waals surface area contributed by atoms with E-state index in [1.165, 1.54) is 35.3 Å². The second-order valence-electron chi connectivity index (χ2n) is 4.09. The lowest BCUT2D eigenvalue weighted by Crippen LogP contribution is -2.15. The standard InChI is InChI=1S/C11H12N4O4S/c1-15-5-10(13-6-15)20(18,19)14-9-3-2-7(11(16)17)4-8(9)12/h2-6,14H,12H2,1H3,(H,16,17). The summed E-state index contributed by atoms with van der Waals surface area (Å²) in [6.07, 6.45) is 2.69. The van der Waals surface area contributed by atoms with Crippen LogP contribution in [-0.4, -0.2) is 29.0 Å². The Morgan fingerprint density at radius 1 is 1.45 bits per heavy atom. The third kappa shape index (κ3) is 2.72. The van der Waals surface area contributed by atoms with Gasteiger partial charge >= 0.3 is 5.97 Å². The van der Waals surface area contributed by atoms with Crippen molar-refractivity contribution in [3.63, 3.8) is 0 Å². The van der Waals surface area contributed by atoms with Crippen molar-refractivity contribution in [2.75, 3.05) is 10.5 Å². The Hall–Kier alpha value is -2.55. The first-order chi connectivity index (χ1) is 9.29. The minimum Gasteiger partial charge on any atom is -0.478 e. The van der Waals surface area contributed by atoms with E-state index in [4.69, 9.17) is 10.8 Å². The minimum absolute atomic E-state index is 0.0180. The topological polar surface area (TPSA) is 127 Å². The summed E-state index contributed by atoms with van der Waals surface area (Å²) < 4.78 is 27.8. The molecule has 0 atom stereocenters. The highest BCUT2D eigenvalue weighted by Crippen LogP contribution is 2.22. The van der Waals surface area contributed by atoms with E-state index in [0.717, 1.165) is 0 Å². The van der Waals surface area contributed by atoms with E-state index in [2.05, 4.69) is 9.71 Å². The van der Waals surface area contributed by atoms with Gasteiger partial charge in [0.15, 0.2) is 5.03 Å². The van der Waals surface area contributed by atoms with Crippen molar-refractivity contribution < 1.29 is 18.3 Å². The number of imidazole rings is 1. The fourth-order valence-electron chi connectivity index (χ4n) is 1.51. The molecule has 8 nitrogen and oxygen atoms in total. The first kappa shape index (κ1) is 13.9. The number of aromatic carboxylic acids is 1. The average Bonchev–Trinajstić information content (AvgIpc) is 2.79. The summed E-state index contributed by atoms with van der Waals surface area (Å²) in [5.41, 5.74) is 5.72. The molecule has 4 N–H and O–H groups in total. The first-order valence-corrected chi connectivity index (χ1v) is 6.91. The molecule has 0 saturated heterocycles. The number of hydrogen-bond donors (Lipinski definition) is 3. The molecule has 9 heteroatoms. The Kier molecular flexibility index (Phi) is 3.36. The molecule has 0 saturated carbocycles. The number of rotatable bonds is 4. The van der Waals surface area contributed by atoms with Gasteiger partial charge in [-0.1, -0.05) is 0 Å². The van der Waals surface area contributed by atoms with Gasteiger partial charge in [-0.15, -0.1) is 0 Å². The van der Waals surface area contributed by atoms with E-state index in [1.54, 1.807) is 7.05 Å². The molecule has 106 valence electrons. The molecule has 2 rings (SSSR count). The van der Waals surface area contributed by atoms with Gasteiger partial charge in [-0.2, -0.15) is 8.42 Å². The molecule has 0 aliphatic heterocycles. The van der Waals surface area contributed by atoms with Gasteiger partial charge in [0.1, 0.15) is 0 Å². The lowest BCUT2D eigenvalue weighted by atomic mass is 10.2. The molecule has 20 heavy (non-hydrogen) atoms. The molecular formula is C11H12N4O4S. The van der Waals surface area contributed by atoms with Gasteiger partial charge in [-0.3, -0.25) is 4.72 Å². The lowest BCUT2D eigenvalue weighted by molar-refractivity contribution is 0.0697. The number of sulfonamides is 1. The van der Waals surface area contributed by atoms with E-state index in [-0.39, 0.29) is 22.0 Å². The van der Waals surface area contributed by atoms with Crippen molar-refractivity contribution in [3.8, 4) is 0 Å². The highest BCUT2D eigenvalue weighted by molar-refractivity contribution is 7.92. The molecule has 1 aromatic heterocycles. The highest BCUT2D eigenvalue weighted by atomic mass is 32.2. The summed E-state index contributed by atoms with van der Waals surface area (Å²) >= 11 is 0. The van der Waals surface area contributed by atoms with Gasteiger partial charge in [0.2, 0.25) is 0 Å². The van der Waals surface area contributed by atoms with Crippen LogP contribution in [0.1, 0.15) is 10.4 Å². The third-order valence-corrected chi connectivity index (χ3v) is 3.75. The van der Waals surface area contributed by atoms with Gasteiger partial charge < -0.3 is 15.4 Å². The molecule has 1 aromatic carbocycles. The molecule has 0 aliphatic rings. The summed E-state index contributed by atoms with van der Waals surface area (Å²) in [7, 11) is -2.22. The van der Waals surface area contributed by atoms with E-state index in [0.29, 0.717) is 0 Å². The monoisotopic (exact) mass is 296 g/mol. The SMILES string of the molecule is Cn1cnc(S(=O)(=O)Nc2ccc(C(=O)O)cc2N)c1. The first-order valence-electron chi connectivity index (χ1n) is 5.43. The van der Waals surface area contributed by atoms with Crippen LogP contribution in [0.25, 0.3) is 0 Å². The Bertz CT molecular complexity index is 766. The van der Waals surface area contributed by atoms with Gasteiger partial charge in [0.25, 0.3) is 10.0 Å². The second kappa shape index (κ2) is 4.85. The van der Waals surface area contributed by atoms with Gasteiger partial charge in [-0.25, -0.2) is 9.78 Å². The van der Waals surface area contributed by atoms with Crippen LogP contribution in [0.5, 0.6) is 0 Å². The summed E-state index contributed by atoms with van der Waals surface area (Å²) in [6, 6.07) is 3.73. The van der Waals surface area contributed by atoms with E-state index in [1.807, 2.05) is 0 Å². The molecule has 0 radical (unpaired) electrons. The number of carboxylic acid groups (broad SMARTS) is 1. The number of benzene rings is 1. The molecule has 0 unspecified atom stereocenters. The van der Waals surface area contributed by atoms with Crippen molar-refractivity contribution in [3.05, 3.63) is 36.3 Å². The fraction of sp³-hybridized carbons (Fsp3) is 0.0909. The average molecular weight is 296 g/mol. The van der Waals surface area contributed by atoms with Crippen molar-refractivity contribution in [1.82, 2.24) is 9.55 Å². The summed E-state index contributed by atoms with van der Waals surface area (Å²) in [4.78, 5) is 14.5. The van der Waals surface area contributed by atoms with Gasteiger partial charge in [-0.05, 0) is 18.2 Å². The number of aryl methyl sites for hydroxylation is 1. The minimum atomic E-state index is -3.86. The number of hydrogen-bond acceptors (Lipinski definition) is 5. The quantitative estimate of drug-likeness (QED) is 0.705. The normalized spacial score (nSPS) is 11.2. The predicted octanol–water partition coefficient (Wildman–Crippen LogP) is 0.501. The fourth-order valence-corrected chi connectivity index (χ4v) is 2.58. The maximum atomic E-state index is 12.0. The van der Waals surface area contributed by atoms with Crippen LogP contribution in [-0.2, 0) is 17.1 Å². The van der Waals surface area contributed by atoms with Crippen LogP contribution in [0.15, 0.2) is 35.7 Å². The molecule has 1 heterocycles. The number of carboxylic acids is 1. The van der Waals surface area contributed by atoms with Crippen molar-refractivity contribution in [2.24, 2.45) is 7.05 Å². The van der Waals surface area contributed by atoms with Crippen molar-refractivity contribution in [1.29, 1.82) is 0 Å². The summed E-state index contributed by atoms with van der Waals surface area (Å²) in [6.45, 7) is 0. The van der Waals surface area contributed by atoms with Crippen LogP contribution in [0, 0.1) is 0 Å². The number of carbonyl (C=O) groups is 1. The molecule has 0 aliphatic carbocycles. The Morgan fingerprint density at radius 2 is 2.15 bits per heavy atom. The Morgan fingerprint density at radius 3 is 2.65 bits per heavy atom. The number of anilines is 2. The largest absolute Gasteiger partial charge is 0.478 e. The zero-order valence-corrected chi connectivity index (χ0v) is 11.3. The molecule has 0 fully saturated rings.